The highest BCUT2D eigenvalue weighted by atomic mass is 16.6. The van der Waals surface area contributed by atoms with Crippen molar-refractivity contribution in [2.24, 2.45) is 0 Å². The maximum absolute atomic E-state index is 12.0. The number of esters is 1. The Morgan fingerprint density at radius 3 is 2.59 bits per heavy atom. The average Bonchev–Trinajstić information content (AvgIpc) is 3.37. The van der Waals surface area contributed by atoms with Crippen molar-refractivity contribution in [3.8, 4) is 17.4 Å². The summed E-state index contributed by atoms with van der Waals surface area (Å²) in [4.78, 5) is 16.4. The lowest BCUT2D eigenvalue weighted by Gasteiger charge is -2.15. The lowest BCUT2D eigenvalue weighted by molar-refractivity contribution is -0.156. The van der Waals surface area contributed by atoms with Gasteiger partial charge in [0.2, 0.25) is 0 Å². The summed E-state index contributed by atoms with van der Waals surface area (Å²) in [5.74, 6) is 2.04. The Hall–Kier alpha value is -3.06. The molecule has 0 saturated heterocycles. The molecule has 0 saturated carbocycles. The van der Waals surface area contributed by atoms with Crippen LogP contribution in [0.25, 0.3) is 11.7 Å². The van der Waals surface area contributed by atoms with Gasteiger partial charge in [-0.05, 0) is 50.6 Å². The van der Waals surface area contributed by atoms with Crippen LogP contribution < -0.4 is 4.74 Å². The molecule has 7 nitrogen and oxygen atoms in total. The number of oxazole rings is 1. The van der Waals surface area contributed by atoms with Gasteiger partial charge in [-0.15, -0.1) is 0 Å². The van der Waals surface area contributed by atoms with E-state index >= 15 is 0 Å². The number of rotatable bonds is 10. The largest absolute Gasteiger partial charge is 0.487 e. The quantitative estimate of drug-likeness (QED) is 0.469. The zero-order valence-electron chi connectivity index (χ0n) is 16.8. The van der Waals surface area contributed by atoms with E-state index in [0.29, 0.717) is 48.5 Å². The third-order valence-electron chi connectivity index (χ3n) is 4.26. The monoisotopic (exact) mass is 399 g/mol. The van der Waals surface area contributed by atoms with Gasteiger partial charge in [0.25, 0.3) is 5.89 Å². The highest BCUT2D eigenvalue weighted by Crippen LogP contribution is 2.23. The summed E-state index contributed by atoms with van der Waals surface area (Å²) in [5, 5.41) is 0. The van der Waals surface area contributed by atoms with Crippen LogP contribution in [0.4, 0.5) is 0 Å². The van der Waals surface area contributed by atoms with Gasteiger partial charge in [0, 0.05) is 13.0 Å². The van der Waals surface area contributed by atoms with Crippen LogP contribution in [0.5, 0.6) is 5.75 Å². The highest BCUT2D eigenvalue weighted by Gasteiger charge is 2.20. The first kappa shape index (κ1) is 20.7. The predicted molar refractivity (Wildman–Crippen MR) is 105 cm³/mol. The minimum absolute atomic E-state index is 0.278. The zero-order chi connectivity index (χ0) is 20.6. The molecule has 0 unspecified atom stereocenters. The summed E-state index contributed by atoms with van der Waals surface area (Å²) >= 11 is 0. The molecule has 1 atom stereocenters. The van der Waals surface area contributed by atoms with Crippen molar-refractivity contribution in [3.63, 3.8) is 0 Å². The van der Waals surface area contributed by atoms with Crippen LogP contribution in [-0.4, -0.2) is 30.3 Å². The second-order valence-electron chi connectivity index (χ2n) is 6.33. The molecule has 3 rings (SSSR count). The fourth-order valence-corrected chi connectivity index (χ4v) is 2.80. The minimum Gasteiger partial charge on any atom is -0.487 e. The van der Waals surface area contributed by atoms with Crippen molar-refractivity contribution >= 4 is 5.97 Å². The second-order valence-corrected chi connectivity index (χ2v) is 6.33. The number of hydrogen-bond donors (Lipinski definition) is 0. The molecule has 0 radical (unpaired) electrons. The first-order chi connectivity index (χ1) is 14.1. The Balaban J connectivity index is 1.58. The number of benzene rings is 1. The number of furan rings is 1. The fourth-order valence-electron chi connectivity index (χ4n) is 2.80. The summed E-state index contributed by atoms with van der Waals surface area (Å²) in [6.45, 7) is 6.53. The first-order valence-corrected chi connectivity index (χ1v) is 9.60. The predicted octanol–water partition coefficient (Wildman–Crippen LogP) is 4.33. The molecular weight excluding hydrogens is 374 g/mol. The van der Waals surface area contributed by atoms with E-state index < -0.39 is 6.10 Å². The highest BCUT2D eigenvalue weighted by molar-refractivity contribution is 5.75. The number of carbonyl (C=O) groups is 1. The topological polar surface area (TPSA) is 83.9 Å². The lowest BCUT2D eigenvalue weighted by Crippen LogP contribution is -2.28. The van der Waals surface area contributed by atoms with E-state index in [1.54, 1.807) is 25.3 Å². The van der Waals surface area contributed by atoms with Crippen LogP contribution >= 0.6 is 0 Å². The van der Waals surface area contributed by atoms with Crippen molar-refractivity contribution in [3.05, 3.63) is 59.7 Å². The molecule has 2 aromatic heterocycles. The minimum atomic E-state index is -0.607. The van der Waals surface area contributed by atoms with Crippen molar-refractivity contribution in [1.29, 1.82) is 0 Å². The van der Waals surface area contributed by atoms with Gasteiger partial charge in [-0.25, -0.2) is 9.78 Å². The van der Waals surface area contributed by atoms with Crippen LogP contribution in [-0.2, 0) is 27.3 Å². The van der Waals surface area contributed by atoms with E-state index in [9.17, 15) is 4.79 Å². The van der Waals surface area contributed by atoms with E-state index in [0.717, 1.165) is 5.56 Å². The Labute approximate surface area is 169 Å². The molecule has 7 heteroatoms. The Bertz CT molecular complexity index is 898. The zero-order valence-corrected chi connectivity index (χ0v) is 16.8. The summed E-state index contributed by atoms with van der Waals surface area (Å²) < 4.78 is 27.3. The number of nitrogens with zero attached hydrogens (tertiary/aromatic N) is 1. The average molecular weight is 399 g/mol. The van der Waals surface area contributed by atoms with Gasteiger partial charge in [-0.3, -0.25) is 0 Å². The van der Waals surface area contributed by atoms with Gasteiger partial charge < -0.3 is 23.0 Å². The summed E-state index contributed by atoms with van der Waals surface area (Å²) in [6.07, 6.45) is 1.41. The molecule has 0 aliphatic carbocycles. The van der Waals surface area contributed by atoms with Crippen molar-refractivity contribution in [2.75, 3.05) is 13.2 Å². The molecule has 3 aromatic rings. The van der Waals surface area contributed by atoms with Gasteiger partial charge in [-0.2, -0.15) is 0 Å². The van der Waals surface area contributed by atoms with Crippen LogP contribution in [0.15, 0.2) is 51.5 Å². The van der Waals surface area contributed by atoms with Crippen LogP contribution in [0, 0.1) is 6.92 Å². The van der Waals surface area contributed by atoms with Gasteiger partial charge in [-0.1, -0.05) is 12.1 Å². The van der Waals surface area contributed by atoms with Crippen molar-refractivity contribution in [2.45, 2.75) is 39.9 Å². The molecule has 29 heavy (non-hydrogen) atoms. The van der Waals surface area contributed by atoms with Gasteiger partial charge in [0.15, 0.2) is 11.9 Å². The first-order valence-electron chi connectivity index (χ1n) is 9.60. The van der Waals surface area contributed by atoms with E-state index in [4.69, 9.17) is 23.0 Å². The standard InChI is InChI=1S/C22H25NO6/c1-4-25-20(22(24)26-5-2)13-16-8-10-17(11-9-16)28-14-18-15(3)29-21(23-18)19-7-6-12-27-19/h6-12,20H,4-5,13-14H2,1-3H3/t20-/m0/s1. The summed E-state index contributed by atoms with van der Waals surface area (Å²) in [7, 11) is 0. The Morgan fingerprint density at radius 1 is 1.14 bits per heavy atom. The molecule has 0 spiro atoms. The van der Waals surface area contributed by atoms with E-state index in [2.05, 4.69) is 4.98 Å². The molecule has 2 heterocycles. The van der Waals surface area contributed by atoms with E-state index in [1.807, 2.05) is 38.1 Å². The number of ether oxygens (including phenoxy) is 3. The van der Waals surface area contributed by atoms with Crippen LogP contribution in [0.3, 0.4) is 0 Å². The SMILES string of the molecule is CCOC(=O)[C@H](Cc1ccc(OCc2nc(-c3ccco3)oc2C)cc1)OCC. The molecular formula is C22H25NO6. The Kier molecular flexibility index (Phi) is 7.08. The summed E-state index contributed by atoms with van der Waals surface area (Å²) in [6, 6.07) is 11.1. The second kappa shape index (κ2) is 9.93. The number of carbonyl (C=O) groups excluding carboxylic acids is 1. The number of aromatic nitrogens is 1. The molecule has 0 bridgehead atoms. The normalized spacial score (nSPS) is 12.0. The summed E-state index contributed by atoms with van der Waals surface area (Å²) in [5.41, 5.74) is 1.67. The van der Waals surface area contributed by atoms with Crippen LogP contribution in [0.2, 0.25) is 0 Å². The molecule has 1 aromatic carbocycles. The van der Waals surface area contributed by atoms with Crippen LogP contribution in [0.1, 0.15) is 30.9 Å². The Morgan fingerprint density at radius 2 is 1.93 bits per heavy atom. The van der Waals surface area contributed by atoms with Crippen molar-refractivity contribution in [1.82, 2.24) is 4.98 Å². The maximum Gasteiger partial charge on any atom is 0.335 e. The molecule has 0 N–H and O–H groups in total. The molecule has 0 aliphatic heterocycles. The van der Waals surface area contributed by atoms with E-state index in [1.165, 1.54) is 0 Å². The number of hydrogen-bond acceptors (Lipinski definition) is 7. The van der Waals surface area contributed by atoms with Gasteiger partial charge in [0.05, 0.1) is 12.9 Å². The fraction of sp³-hybridized carbons (Fsp3) is 0.364. The third kappa shape index (κ3) is 5.48. The molecule has 154 valence electrons. The van der Waals surface area contributed by atoms with E-state index in [-0.39, 0.29) is 12.6 Å². The number of aryl methyl sites for hydroxylation is 1. The van der Waals surface area contributed by atoms with Gasteiger partial charge in [0.1, 0.15) is 23.8 Å². The smallest absolute Gasteiger partial charge is 0.335 e. The lowest BCUT2D eigenvalue weighted by atomic mass is 10.1. The molecule has 0 aliphatic rings. The third-order valence-corrected chi connectivity index (χ3v) is 4.26. The molecule has 0 amide bonds. The molecule has 0 fully saturated rings. The maximum atomic E-state index is 12.0. The van der Waals surface area contributed by atoms with Gasteiger partial charge >= 0.3 is 5.97 Å². The van der Waals surface area contributed by atoms with Crippen molar-refractivity contribution < 1.29 is 27.8 Å².